The quantitative estimate of drug-likeness (QED) is 0.584. The number of hydrogen-bond donors (Lipinski definition) is 1. The molecule has 1 unspecified atom stereocenters. The molecule has 1 rings (SSSR count). The van der Waals surface area contributed by atoms with E-state index in [0.29, 0.717) is 6.10 Å². The Kier molecular flexibility index (Phi) is 7.53. The molecule has 0 aromatic carbocycles. The van der Waals surface area contributed by atoms with E-state index in [1.165, 1.54) is 25.7 Å². The van der Waals surface area contributed by atoms with Gasteiger partial charge in [0.1, 0.15) is 0 Å². The predicted octanol–water partition coefficient (Wildman–Crippen LogP) is 2.55. The van der Waals surface area contributed by atoms with Crippen molar-refractivity contribution in [3.63, 3.8) is 0 Å². The van der Waals surface area contributed by atoms with Crippen LogP contribution in [0, 0.1) is 0 Å². The molecule has 0 saturated carbocycles. The number of piperidine rings is 1. The minimum absolute atomic E-state index is 0.370. The fourth-order valence-corrected chi connectivity index (χ4v) is 2.30. The lowest BCUT2D eigenvalue weighted by atomic mass is 10.1. The summed E-state index contributed by atoms with van der Waals surface area (Å²) in [6.45, 7) is 8.24. The molecule has 0 radical (unpaired) electrons. The van der Waals surface area contributed by atoms with Gasteiger partial charge in [0.15, 0.2) is 5.11 Å². The van der Waals surface area contributed by atoms with Crippen LogP contribution in [0.3, 0.4) is 0 Å². The Morgan fingerprint density at radius 3 is 2.94 bits per heavy atom. The van der Waals surface area contributed by atoms with Crippen molar-refractivity contribution in [2.75, 3.05) is 26.2 Å². The lowest BCUT2D eigenvalue weighted by molar-refractivity contribution is 0.0164. The van der Waals surface area contributed by atoms with Gasteiger partial charge in [-0.25, -0.2) is 0 Å². The number of nitrogens with one attached hydrogen (secondary N) is 1. The highest BCUT2D eigenvalue weighted by atomic mass is 32.1. The van der Waals surface area contributed by atoms with E-state index in [1.54, 1.807) is 0 Å². The molecule has 1 heterocycles. The van der Waals surface area contributed by atoms with Gasteiger partial charge < -0.3 is 15.0 Å². The highest BCUT2D eigenvalue weighted by Crippen LogP contribution is 2.13. The average molecular weight is 258 g/mol. The largest absolute Gasteiger partial charge is 0.376 e. The molecule has 1 aliphatic heterocycles. The Morgan fingerprint density at radius 1 is 1.41 bits per heavy atom. The molecule has 0 amide bonds. The lowest BCUT2D eigenvalue weighted by Crippen LogP contribution is -2.47. The molecule has 0 aromatic heterocycles. The Labute approximate surface area is 111 Å². The molecule has 1 saturated heterocycles. The summed E-state index contributed by atoms with van der Waals surface area (Å²) < 4.78 is 5.81. The molecule has 0 aromatic rings. The number of rotatable bonds is 6. The van der Waals surface area contributed by atoms with E-state index in [0.717, 1.165) is 37.8 Å². The number of thiocarbonyl (C=S) groups is 1. The lowest BCUT2D eigenvalue weighted by Gasteiger charge is -2.34. The van der Waals surface area contributed by atoms with Gasteiger partial charge in [0.25, 0.3) is 0 Å². The van der Waals surface area contributed by atoms with Crippen molar-refractivity contribution in [2.45, 2.75) is 52.1 Å². The van der Waals surface area contributed by atoms with Crippen LogP contribution in [-0.2, 0) is 4.74 Å². The summed E-state index contributed by atoms with van der Waals surface area (Å²) in [5, 5.41) is 4.24. The molecule has 100 valence electrons. The molecular formula is C13H26N2OS. The fourth-order valence-electron chi connectivity index (χ4n) is 2.03. The van der Waals surface area contributed by atoms with E-state index in [4.69, 9.17) is 17.0 Å². The third kappa shape index (κ3) is 5.68. The van der Waals surface area contributed by atoms with Gasteiger partial charge >= 0.3 is 0 Å². The summed E-state index contributed by atoms with van der Waals surface area (Å²) in [4.78, 5) is 2.26. The molecule has 1 N–H and O–H groups in total. The van der Waals surface area contributed by atoms with Crippen LogP contribution in [0.25, 0.3) is 0 Å². The Bertz CT molecular complexity index is 223. The van der Waals surface area contributed by atoms with Gasteiger partial charge in [-0.1, -0.05) is 20.3 Å². The summed E-state index contributed by atoms with van der Waals surface area (Å²) in [5.74, 6) is 0. The monoisotopic (exact) mass is 258 g/mol. The van der Waals surface area contributed by atoms with E-state index in [-0.39, 0.29) is 0 Å². The summed E-state index contributed by atoms with van der Waals surface area (Å²) in [6.07, 6.45) is 6.21. The minimum Gasteiger partial charge on any atom is -0.376 e. The van der Waals surface area contributed by atoms with E-state index in [2.05, 4.69) is 24.1 Å². The number of nitrogens with zero attached hydrogens (tertiary/aromatic N) is 1. The van der Waals surface area contributed by atoms with Gasteiger partial charge in [0, 0.05) is 26.2 Å². The first-order valence-corrected chi connectivity index (χ1v) is 7.33. The van der Waals surface area contributed by atoms with Crippen LogP contribution >= 0.6 is 12.2 Å². The zero-order valence-corrected chi connectivity index (χ0v) is 12.0. The summed E-state index contributed by atoms with van der Waals surface area (Å²) in [7, 11) is 0. The van der Waals surface area contributed by atoms with Crippen LogP contribution in [0.2, 0.25) is 0 Å². The molecule has 0 bridgehead atoms. The molecule has 0 spiro atoms. The zero-order chi connectivity index (χ0) is 12.5. The van der Waals surface area contributed by atoms with Crippen LogP contribution in [0.4, 0.5) is 0 Å². The molecule has 3 nitrogen and oxygen atoms in total. The summed E-state index contributed by atoms with van der Waals surface area (Å²) in [5.41, 5.74) is 0. The number of likely N-dealkylation sites (tertiary alicyclic amines) is 1. The maximum atomic E-state index is 5.81. The van der Waals surface area contributed by atoms with Gasteiger partial charge in [-0.3, -0.25) is 0 Å². The van der Waals surface area contributed by atoms with E-state index in [1.807, 2.05) is 0 Å². The van der Waals surface area contributed by atoms with Crippen molar-refractivity contribution >= 4 is 17.3 Å². The number of hydrogen-bond acceptors (Lipinski definition) is 2. The molecule has 1 fully saturated rings. The molecule has 1 aliphatic rings. The van der Waals surface area contributed by atoms with Crippen LogP contribution < -0.4 is 5.32 Å². The molecule has 4 heteroatoms. The highest BCUT2D eigenvalue weighted by Gasteiger charge is 2.21. The second-order valence-electron chi connectivity index (χ2n) is 4.67. The van der Waals surface area contributed by atoms with Crippen molar-refractivity contribution in [1.29, 1.82) is 0 Å². The van der Waals surface area contributed by atoms with E-state index >= 15 is 0 Å². The average Bonchev–Trinajstić information content (AvgIpc) is 2.37. The fraction of sp³-hybridized carbons (Fsp3) is 0.923. The topological polar surface area (TPSA) is 24.5 Å². The smallest absolute Gasteiger partial charge is 0.169 e. The first-order chi connectivity index (χ1) is 8.27. The van der Waals surface area contributed by atoms with E-state index < -0.39 is 0 Å². The van der Waals surface area contributed by atoms with Gasteiger partial charge in [0.2, 0.25) is 0 Å². The Balaban J connectivity index is 2.25. The molecule has 17 heavy (non-hydrogen) atoms. The predicted molar refractivity (Wildman–Crippen MR) is 76.3 cm³/mol. The molecule has 1 atom stereocenters. The van der Waals surface area contributed by atoms with Gasteiger partial charge in [0.05, 0.1) is 6.10 Å². The van der Waals surface area contributed by atoms with Crippen molar-refractivity contribution < 1.29 is 4.74 Å². The maximum Gasteiger partial charge on any atom is 0.169 e. The second-order valence-corrected chi connectivity index (χ2v) is 5.05. The van der Waals surface area contributed by atoms with Crippen LogP contribution in [0.15, 0.2) is 0 Å². The van der Waals surface area contributed by atoms with E-state index in [9.17, 15) is 0 Å². The van der Waals surface area contributed by atoms with Crippen molar-refractivity contribution in [3.8, 4) is 0 Å². The SMILES string of the molecule is CCCCNC(=S)N1CCCC(OCCC)C1. The van der Waals surface area contributed by atoms with Crippen molar-refractivity contribution in [2.24, 2.45) is 0 Å². The van der Waals surface area contributed by atoms with Crippen LogP contribution in [-0.4, -0.2) is 42.4 Å². The minimum atomic E-state index is 0.370. The number of ether oxygens (including phenoxy) is 1. The Morgan fingerprint density at radius 2 is 2.24 bits per heavy atom. The van der Waals surface area contributed by atoms with Crippen LogP contribution in [0.1, 0.15) is 46.0 Å². The third-order valence-electron chi connectivity index (χ3n) is 3.03. The van der Waals surface area contributed by atoms with Gasteiger partial charge in [-0.2, -0.15) is 0 Å². The standard InChI is InChI=1S/C13H26N2OS/c1-3-5-8-14-13(17)15-9-6-7-12(11-15)16-10-4-2/h12H,3-11H2,1-2H3,(H,14,17). The van der Waals surface area contributed by atoms with Gasteiger partial charge in [-0.05, 0) is 37.9 Å². The third-order valence-corrected chi connectivity index (χ3v) is 3.43. The first kappa shape index (κ1) is 14.7. The molecule has 0 aliphatic carbocycles. The van der Waals surface area contributed by atoms with Crippen LogP contribution in [0.5, 0.6) is 0 Å². The highest BCUT2D eigenvalue weighted by molar-refractivity contribution is 7.80. The Hall–Kier alpha value is -0.350. The second kappa shape index (κ2) is 8.70. The van der Waals surface area contributed by atoms with Gasteiger partial charge in [-0.15, -0.1) is 0 Å². The van der Waals surface area contributed by atoms with Crippen molar-refractivity contribution in [3.05, 3.63) is 0 Å². The summed E-state index contributed by atoms with van der Waals surface area (Å²) >= 11 is 5.41. The summed E-state index contributed by atoms with van der Waals surface area (Å²) in [6, 6.07) is 0. The maximum absolute atomic E-state index is 5.81. The molecular weight excluding hydrogens is 232 g/mol. The number of unbranched alkanes of at least 4 members (excludes halogenated alkanes) is 1. The first-order valence-electron chi connectivity index (χ1n) is 6.92. The normalized spacial score (nSPS) is 20.4. The van der Waals surface area contributed by atoms with Crippen molar-refractivity contribution in [1.82, 2.24) is 10.2 Å². The zero-order valence-electron chi connectivity index (χ0n) is 11.2.